The Hall–Kier alpha value is -2.23. The minimum absolute atomic E-state index is 0.0670. The van der Waals surface area contributed by atoms with Gasteiger partial charge < -0.3 is 4.74 Å². The number of aromatic nitrogens is 2. The van der Waals surface area contributed by atoms with Gasteiger partial charge in [0.15, 0.2) is 0 Å². The van der Waals surface area contributed by atoms with Crippen molar-refractivity contribution in [3.63, 3.8) is 0 Å². The average Bonchev–Trinajstić information content (AvgIpc) is 2.45. The summed E-state index contributed by atoms with van der Waals surface area (Å²) < 4.78 is 4.96. The number of hydrogen-bond acceptors (Lipinski definition) is 4. The smallest absolute Gasteiger partial charge is 0.233 e. The summed E-state index contributed by atoms with van der Waals surface area (Å²) in [6, 6.07) is 11.1. The normalized spacial score (nSPS) is 14.7. The second-order valence-electron chi connectivity index (χ2n) is 5.01. The maximum atomic E-state index is 12.6. The molecule has 1 aromatic heterocycles. The summed E-state index contributed by atoms with van der Waals surface area (Å²) in [6.45, 7) is 0. The lowest BCUT2D eigenvalue weighted by Crippen LogP contribution is -2.15. The number of ketones is 1. The lowest BCUT2D eigenvalue weighted by Gasteiger charge is -2.27. The van der Waals surface area contributed by atoms with Gasteiger partial charge in [0, 0.05) is 11.6 Å². The van der Waals surface area contributed by atoms with Crippen molar-refractivity contribution >= 4 is 5.78 Å². The molecule has 0 saturated heterocycles. The van der Waals surface area contributed by atoms with Crippen molar-refractivity contribution < 1.29 is 9.53 Å². The molecule has 20 heavy (non-hydrogen) atoms. The van der Waals surface area contributed by atoms with Crippen LogP contribution in [0.5, 0.6) is 5.88 Å². The summed E-state index contributed by atoms with van der Waals surface area (Å²) in [5, 5.41) is 7.80. The lowest BCUT2D eigenvalue weighted by atomic mass is 9.77. The SMILES string of the molecule is COc1ccc(C(=O)c2ccccc2C2CCC2)nn1. The summed E-state index contributed by atoms with van der Waals surface area (Å²) >= 11 is 0. The molecule has 3 rings (SSSR count). The fourth-order valence-electron chi connectivity index (χ4n) is 2.47. The Morgan fingerprint density at radius 1 is 1.15 bits per heavy atom. The van der Waals surface area contributed by atoms with Crippen molar-refractivity contribution in [1.29, 1.82) is 0 Å². The molecule has 0 spiro atoms. The van der Waals surface area contributed by atoms with Crippen LogP contribution in [0.25, 0.3) is 0 Å². The summed E-state index contributed by atoms with van der Waals surface area (Å²) in [5.41, 5.74) is 2.25. The van der Waals surface area contributed by atoms with Crippen LogP contribution in [0.3, 0.4) is 0 Å². The van der Waals surface area contributed by atoms with Crippen molar-refractivity contribution in [3.8, 4) is 5.88 Å². The fourth-order valence-corrected chi connectivity index (χ4v) is 2.47. The number of ether oxygens (including phenoxy) is 1. The van der Waals surface area contributed by atoms with Crippen molar-refractivity contribution in [2.45, 2.75) is 25.2 Å². The molecule has 1 fully saturated rings. The van der Waals surface area contributed by atoms with Gasteiger partial charge in [-0.05, 0) is 30.4 Å². The van der Waals surface area contributed by atoms with Gasteiger partial charge >= 0.3 is 0 Å². The van der Waals surface area contributed by atoms with E-state index in [1.54, 1.807) is 12.1 Å². The van der Waals surface area contributed by atoms with Crippen molar-refractivity contribution in [2.75, 3.05) is 7.11 Å². The first kappa shape index (κ1) is 12.8. The van der Waals surface area contributed by atoms with Crippen LogP contribution >= 0.6 is 0 Å². The highest BCUT2D eigenvalue weighted by Crippen LogP contribution is 2.38. The van der Waals surface area contributed by atoms with E-state index in [9.17, 15) is 4.79 Å². The molecule has 1 saturated carbocycles. The van der Waals surface area contributed by atoms with E-state index in [0.717, 1.165) is 11.1 Å². The van der Waals surface area contributed by atoms with Gasteiger partial charge in [-0.15, -0.1) is 10.2 Å². The third-order valence-electron chi connectivity index (χ3n) is 3.83. The molecule has 1 aliphatic carbocycles. The monoisotopic (exact) mass is 268 g/mol. The number of carbonyl (C=O) groups is 1. The Kier molecular flexibility index (Phi) is 3.46. The standard InChI is InChI=1S/C16H16N2O2/c1-20-15-10-9-14(17-18-15)16(19)13-8-3-2-7-12(13)11-5-4-6-11/h2-3,7-11H,4-6H2,1H3. The van der Waals surface area contributed by atoms with E-state index < -0.39 is 0 Å². The fraction of sp³-hybridized carbons (Fsp3) is 0.312. The van der Waals surface area contributed by atoms with Crippen LogP contribution in [0, 0.1) is 0 Å². The Morgan fingerprint density at radius 2 is 1.95 bits per heavy atom. The van der Waals surface area contributed by atoms with E-state index in [1.807, 2.05) is 24.3 Å². The Bertz CT molecular complexity index is 619. The topological polar surface area (TPSA) is 52.1 Å². The van der Waals surface area contributed by atoms with E-state index in [4.69, 9.17) is 4.74 Å². The molecule has 2 aromatic rings. The highest BCUT2D eigenvalue weighted by atomic mass is 16.5. The molecular formula is C16H16N2O2. The largest absolute Gasteiger partial charge is 0.480 e. The van der Waals surface area contributed by atoms with Crippen LogP contribution in [0.2, 0.25) is 0 Å². The first-order chi connectivity index (χ1) is 9.79. The summed E-state index contributed by atoms with van der Waals surface area (Å²) in [6.07, 6.45) is 3.58. The first-order valence-electron chi connectivity index (χ1n) is 6.81. The van der Waals surface area contributed by atoms with Crippen molar-refractivity contribution in [1.82, 2.24) is 10.2 Å². The minimum Gasteiger partial charge on any atom is -0.480 e. The number of benzene rings is 1. The summed E-state index contributed by atoms with van der Waals surface area (Å²) in [4.78, 5) is 12.6. The van der Waals surface area contributed by atoms with Crippen LogP contribution in [0.15, 0.2) is 36.4 Å². The van der Waals surface area contributed by atoms with Crippen LogP contribution in [0.4, 0.5) is 0 Å². The first-order valence-corrected chi connectivity index (χ1v) is 6.81. The van der Waals surface area contributed by atoms with Crippen LogP contribution in [0.1, 0.15) is 46.8 Å². The molecule has 1 aliphatic rings. The number of nitrogens with zero attached hydrogens (tertiary/aromatic N) is 2. The molecule has 0 radical (unpaired) electrons. The average molecular weight is 268 g/mol. The van der Waals surface area contributed by atoms with Crippen LogP contribution in [-0.4, -0.2) is 23.1 Å². The van der Waals surface area contributed by atoms with Gasteiger partial charge in [0.25, 0.3) is 0 Å². The maximum Gasteiger partial charge on any atom is 0.233 e. The van der Waals surface area contributed by atoms with E-state index >= 15 is 0 Å². The summed E-state index contributed by atoms with van der Waals surface area (Å²) in [5.74, 6) is 0.859. The molecule has 4 heteroatoms. The van der Waals surface area contributed by atoms with Gasteiger partial charge in [-0.3, -0.25) is 4.79 Å². The van der Waals surface area contributed by atoms with Gasteiger partial charge in [-0.2, -0.15) is 0 Å². The molecule has 0 atom stereocenters. The number of rotatable bonds is 4. The zero-order valence-corrected chi connectivity index (χ0v) is 11.4. The molecule has 1 aromatic carbocycles. The van der Waals surface area contributed by atoms with E-state index in [-0.39, 0.29) is 5.78 Å². The number of carbonyl (C=O) groups excluding carboxylic acids is 1. The van der Waals surface area contributed by atoms with E-state index in [2.05, 4.69) is 10.2 Å². The molecular weight excluding hydrogens is 252 g/mol. The van der Waals surface area contributed by atoms with Gasteiger partial charge in [0.1, 0.15) is 5.69 Å². The number of methoxy groups -OCH3 is 1. The van der Waals surface area contributed by atoms with Crippen molar-refractivity contribution in [2.24, 2.45) is 0 Å². The summed E-state index contributed by atoms with van der Waals surface area (Å²) in [7, 11) is 1.53. The molecule has 0 aliphatic heterocycles. The van der Waals surface area contributed by atoms with Gasteiger partial charge in [0.05, 0.1) is 7.11 Å². The van der Waals surface area contributed by atoms with E-state index in [1.165, 1.54) is 26.4 Å². The Balaban J connectivity index is 1.93. The molecule has 1 heterocycles. The number of hydrogen-bond donors (Lipinski definition) is 0. The Morgan fingerprint density at radius 3 is 2.55 bits per heavy atom. The molecule has 0 N–H and O–H groups in total. The third-order valence-corrected chi connectivity index (χ3v) is 3.83. The second kappa shape index (κ2) is 5.41. The molecule has 4 nitrogen and oxygen atoms in total. The van der Waals surface area contributed by atoms with Gasteiger partial charge in [-0.25, -0.2) is 0 Å². The zero-order valence-electron chi connectivity index (χ0n) is 11.4. The predicted octanol–water partition coefficient (Wildman–Crippen LogP) is 2.98. The lowest BCUT2D eigenvalue weighted by molar-refractivity contribution is 0.103. The highest BCUT2D eigenvalue weighted by molar-refractivity contribution is 6.08. The predicted molar refractivity (Wildman–Crippen MR) is 75.1 cm³/mol. The Labute approximate surface area is 117 Å². The molecule has 0 bridgehead atoms. The zero-order chi connectivity index (χ0) is 13.9. The molecule has 102 valence electrons. The van der Waals surface area contributed by atoms with E-state index in [0.29, 0.717) is 17.5 Å². The minimum atomic E-state index is -0.0670. The molecule has 0 amide bonds. The maximum absolute atomic E-state index is 12.6. The highest BCUT2D eigenvalue weighted by Gasteiger charge is 2.25. The van der Waals surface area contributed by atoms with Crippen LogP contribution < -0.4 is 4.74 Å². The molecule has 0 unspecified atom stereocenters. The third kappa shape index (κ3) is 2.29. The van der Waals surface area contributed by atoms with Crippen molar-refractivity contribution in [3.05, 3.63) is 53.2 Å². The van der Waals surface area contributed by atoms with Gasteiger partial charge in [0.2, 0.25) is 11.7 Å². The second-order valence-corrected chi connectivity index (χ2v) is 5.01. The van der Waals surface area contributed by atoms with Gasteiger partial charge in [-0.1, -0.05) is 30.7 Å². The van der Waals surface area contributed by atoms with Crippen LogP contribution in [-0.2, 0) is 0 Å². The quantitative estimate of drug-likeness (QED) is 0.800.